The van der Waals surface area contributed by atoms with Crippen LogP contribution < -0.4 is 10.1 Å². The predicted octanol–water partition coefficient (Wildman–Crippen LogP) is 3.56. The summed E-state index contributed by atoms with van der Waals surface area (Å²) in [6.45, 7) is 7.61. The Bertz CT molecular complexity index is 523. The van der Waals surface area contributed by atoms with Crippen LogP contribution in [0, 0.1) is 0 Å². The number of nitrogens with one attached hydrogen (secondary N) is 1. The standard InChI is InChI=1S/C21H35N3O3.HI/c1-3-4-15-25-17-18-26-16-12-23-21(22-2)24-13-10-20(11-14-24)27-19-8-6-5-7-9-19;/h5-9,20H,3-4,10-18H2,1-2H3,(H,22,23);1H. The van der Waals surface area contributed by atoms with Gasteiger partial charge in [0, 0.05) is 46.1 Å². The van der Waals surface area contributed by atoms with Gasteiger partial charge in [-0.25, -0.2) is 0 Å². The number of unbranched alkanes of at least 4 members (excludes halogenated alkanes) is 1. The van der Waals surface area contributed by atoms with Gasteiger partial charge in [0.2, 0.25) is 0 Å². The fraction of sp³-hybridized carbons (Fsp3) is 0.667. The van der Waals surface area contributed by atoms with E-state index >= 15 is 0 Å². The molecular formula is C21H36IN3O3. The number of ether oxygens (including phenoxy) is 3. The lowest BCUT2D eigenvalue weighted by atomic mass is 10.1. The molecule has 1 fully saturated rings. The second-order valence-electron chi connectivity index (χ2n) is 6.67. The van der Waals surface area contributed by atoms with Crippen molar-refractivity contribution in [1.82, 2.24) is 10.2 Å². The lowest BCUT2D eigenvalue weighted by Gasteiger charge is -2.34. The van der Waals surface area contributed by atoms with E-state index in [-0.39, 0.29) is 30.1 Å². The first-order valence-corrected chi connectivity index (χ1v) is 10.2. The number of aliphatic imine (C=N–C) groups is 1. The molecule has 6 nitrogen and oxygen atoms in total. The van der Waals surface area contributed by atoms with Crippen LogP contribution in [0.1, 0.15) is 32.6 Å². The summed E-state index contributed by atoms with van der Waals surface area (Å²) in [5.74, 6) is 1.89. The van der Waals surface area contributed by atoms with Gasteiger partial charge < -0.3 is 24.4 Å². The molecule has 160 valence electrons. The smallest absolute Gasteiger partial charge is 0.193 e. The van der Waals surface area contributed by atoms with Gasteiger partial charge in [-0.3, -0.25) is 4.99 Å². The van der Waals surface area contributed by atoms with E-state index in [2.05, 4.69) is 22.1 Å². The zero-order chi connectivity index (χ0) is 19.2. The third kappa shape index (κ3) is 9.93. The highest BCUT2D eigenvalue weighted by Crippen LogP contribution is 2.18. The summed E-state index contributed by atoms with van der Waals surface area (Å²) in [4.78, 5) is 6.69. The van der Waals surface area contributed by atoms with E-state index in [1.54, 1.807) is 0 Å². The molecule has 1 aliphatic rings. The molecule has 1 N–H and O–H groups in total. The normalized spacial score (nSPS) is 15.2. The number of halogens is 1. The van der Waals surface area contributed by atoms with Crippen molar-refractivity contribution in [3.63, 3.8) is 0 Å². The zero-order valence-corrected chi connectivity index (χ0v) is 19.6. The van der Waals surface area contributed by atoms with E-state index in [9.17, 15) is 0 Å². The number of piperidine rings is 1. The molecule has 1 aliphatic heterocycles. The van der Waals surface area contributed by atoms with Gasteiger partial charge in [-0.05, 0) is 18.6 Å². The van der Waals surface area contributed by atoms with Crippen molar-refractivity contribution in [3.05, 3.63) is 30.3 Å². The predicted molar refractivity (Wildman–Crippen MR) is 125 cm³/mol. The number of hydrogen-bond acceptors (Lipinski definition) is 4. The molecule has 7 heteroatoms. The van der Waals surface area contributed by atoms with Crippen molar-refractivity contribution in [2.24, 2.45) is 4.99 Å². The Labute approximate surface area is 187 Å². The van der Waals surface area contributed by atoms with E-state index in [4.69, 9.17) is 14.2 Å². The molecule has 0 aliphatic carbocycles. The summed E-state index contributed by atoms with van der Waals surface area (Å²) in [5.41, 5.74) is 0. The number of guanidine groups is 1. The molecular weight excluding hydrogens is 469 g/mol. The molecule has 0 saturated carbocycles. The Kier molecular flexibility index (Phi) is 14.1. The molecule has 0 spiro atoms. The highest BCUT2D eigenvalue weighted by molar-refractivity contribution is 14.0. The molecule has 0 radical (unpaired) electrons. The van der Waals surface area contributed by atoms with Crippen LogP contribution in [0.25, 0.3) is 0 Å². The zero-order valence-electron chi connectivity index (χ0n) is 17.3. The molecule has 1 saturated heterocycles. The highest BCUT2D eigenvalue weighted by Gasteiger charge is 2.22. The minimum Gasteiger partial charge on any atom is -0.490 e. The Morgan fingerprint density at radius 3 is 2.39 bits per heavy atom. The van der Waals surface area contributed by atoms with Crippen LogP contribution in [0.5, 0.6) is 5.75 Å². The maximum atomic E-state index is 6.06. The average molecular weight is 505 g/mol. The summed E-state index contributed by atoms with van der Waals surface area (Å²) in [5, 5.41) is 3.38. The Hall–Kier alpha value is -1.06. The van der Waals surface area contributed by atoms with E-state index in [0.717, 1.165) is 57.2 Å². The minimum atomic E-state index is 0. The van der Waals surface area contributed by atoms with Crippen LogP contribution in [-0.4, -0.2) is 70.1 Å². The fourth-order valence-electron chi connectivity index (χ4n) is 3.01. The molecule has 0 aromatic heterocycles. The van der Waals surface area contributed by atoms with Crippen molar-refractivity contribution in [1.29, 1.82) is 0 Å². The Morgan fingerprint density at radius 1 is 1.07 bits per heavy atom. The summed E-state index contributed by atoms with van der Waals surface area (Å²) in [7, 11) is 1.83. The van der Waals surface area contributed by atoms with Crippen molar-refractivity contribution in [2.45, 2.75) is 38.7 Å². The lowest BCUT2D eigenvalue weighted by Crippen LogP contribution is -2.48. The monoisotopic (exact) mass is 505 g/mol. The van der Waals surface area contributed by atoms with Gasteiger partial charge in [-0.1, -0.05) is 31.5 Å². The van der Waals surface area contributed by atoms with E-state index < -0.39 is 0 Å². The van der Waals surface area contributed by atoms with Gasteiger partial charge in [-0.15, -0.1) is 24.0 Å². The summed E-state index contributed by atoms with van der Waals surface area (Å²) in [6.07, 6.45) is 4.56. The number of para-hydroxylation sites is 1. The quantitative estimate of drug-likeness (QED) is 0.216. The van der Waals surface area contributed by atoms with Crippen LogP contribution in [0.3, 0.4) is 0 Å². The Morgan fingerprint density at radius 2 is 1.75 bits per heavy atom. The second-order valence-corrected chi connectivity index (χ2v) is 6.67. The van der Waals surface area contributed by atoms with Gasteiger partial charge in [0.15, 0.2) is 5.96 Å². The SMILES string of the molecule is CCCCOCCOCCNC(=NC)N1CCC(Oc2ccccc2)CC1.I. The van der Waals surface area contributed by atoms with Gasteiger partial charge in [0.1, 0.15) is 11.9 Å². The molecule has 0 unspecified atom stereocenters. The number of hydrogen-bond donors (Lipinski definition) is 1. The van der Waals surface area contributed by atoms with E-state index in [0.29, 0.717) is 19.8 Å². The number of benzene rings is 1. The largest absolute Gasteiger partial charge is 0.490 e. The van der Waals surface area contributed by atoms with Gasteiger partial charge in [0.25, 0.3) is 0 Å². The first-order chi connectivity index (χ1) is 13.3. The van der Waals surface area contributed by atoms with Gasteiger partial charge >= 0.3 is 0 Å². The molecule has 28 heavy (non-hydrogen) atoms. The Balaban J connectivity index is 0.00000392. The van der Waals surface area contributed by atoms with Crippen molar-refractivity contribution in [3.8, 4) is 5.75 Å². The highest BCUT2D eigenvalue weighted by atomic mass is 127. The summed E-state index contributed by atoms with van der Waals surface area (Å²) < 4.78 is 17.1. The number of nitrogens with zero attached hydrogens (tertiary/aromatic N) is 2. The summed E-state index contributed by atoms with van der Waals surface area (Å²) in [6, 6.07) is 10.1. The molecule has 2 rings (SSSR count). The number of likely N-dealkylation sites (tertiary alicyclic amines) is 1. The van der Waals surface area contributed by atoms with E-state index in [1.807, 2.05) is 37.4 Å². The third-order valence-corrected chi connectivity index (χ3v) is 4.54. The summed E-state index contributed by atoms with van der Waals surface area (Å²) >= 11 is 0. The lowest BCUT2D eigenvalue weighted by molar-refractivity contribution is 0.0485. The van der Waals surface area contributed by atoms with Crippen LogP contribution >= 0.6 is 24.0 Å². The first-order valence-electron chi connectivity index (χ1n) is 10.2. The van der Waals surface area contributed by atoms with Crippen LogP contribution in [0.15, 0.2) is 35.3 Å². The van der Waals surface area contributed by atoms with Crippen molar-refractivity contribution >= 4 is 29.9 Å². The minimum absolute atomic E-state index is 0. The molecule has 0 atom stereocenters. The average Bonchev–Trinajstić information content (AvgIpc) is 2.71. The molecule has 1 aromatic rings. The number of rotatable bonds is 11. The molecule has 1 aromatic carbocycles. The van der Waals surface area contributed by atoms with Crippen molar-refractivity contribution < 1.29 is 14.2 Å². The van der Waals surface area contributed by atoms with Crippen LogP contribution in [0.4, 0.5) is 0 Å². The second kappa shape index (κ2) is 15.8. The maximum absolute atomic E-state index is 6.06. The van der Waals surface area contributed by atoms with Crippen molar-refractivity contribution in [2.75, 3.05) is 53.1 Å². The van der Waals surface area contributed by atoms with Crippen LogP contribution in [-0.2, 0) is 9.47 Å². The third-order valence-electron chi connectivity index (χ3n) is 4.54. The molecule has 0 amide bonds. The molecule has 1 heterocycles. The first kappa shape index (κ1) is 25.0. The molecule has 0 bridgehead atoms. The van der Waals surface area contributed by atoms with Crippen LogP contribution in [0.2, 0.25) is 0 Å². The van der Waals surface area contributed by atoms with E-state index in [1.165, 1.54) is 6.42 Å². The topological polar surface area (TPSA) is 55.3 Å². The fourth-order valence-corrected chi connectivity index (χ4v) is 3.01. The van der Waals surface area contributed by atoms with Gasteiger partial charge in [0.05, 0.1) is 19.8 Å². The van der Waals surface area contributed by atoms with Gasteiger partial charge in [-0.2, -0.15) is 0 Å². The maximum Gasteiger partial charge on any atom is 0.193 e.